The maximum atomic E-state index is 5.98. The Labute approximate surface area is 111 Å². The highest BCUT2D eigenvalue weighted by molar-refractivity contribution is 6.30. The summed E-state index contributed by atoms with van der Waals surface area (Å²) in [6, 6.07) is 7.51. The van der Waals surface area contributed by atoms with Crippen LogP contribution in [0.5, 0.6) is 5.88 Å². The summed E-state index contributed by atoms with van der Waals surface area (Å²) in [7, 11) is 1.64. The Bertz CT molecular complexity index is 525. The summed E-state index contributed by atoms with van der Waals surface area (Å²) in [6.07, 6.45) is 3.59. The maximum Gasteiger partial charge on any atom is 0.219 e. The second-order valence-corrected chi connectivity index (χ2v) is 4.40. The number of rotatable bonds is 5. The highest BCUT2D eigenvalue weighted by Crippen LogP contribution is 2.24. The van der Waals surface area contributed by atoms with Gasteiger partial charge in [0, 0.05) is 10.6 Å². The Morgan fingerprint density at radius 3 is 2.94 bits per heavy atom. The van der Waals surface area contributed by atoms with Crippen LogP contribution < -0.4 is 10.5 Å². The number of benzene rings is 1. The van der Waals surface area contributed by atoms with Crippen LogP contribution in [0.4, 0.5) is 0 Å². The van der Waals surface area contributed by atoms with Crippen LogP contribution in [0.2, 0.25) is 5.02 Å². The monoisotopic (exact) mass is 265 g/mol. The molecule has 0 radical (unpaired) electrons. The molecule has 0 aliphatic rings. The number of hydrogen-bond donors (Lipinski definition) is 1. The van der Waals surface area contributed by atoms with E-state index in [0.717, 1.165) is 30.0 Å². The molecule has 18 heavy (non-hydrogen) atoms. The zero-order valence-electron chi connectivity index (χ0n) is 10.3. The molecule has 0 unspecified atom stereocenters. The van der Waals surface area contributed by atoms with E-state index >= 15 is 0 Å². The number of nitrogens with two attached hydrogens (primary N) is 1. The molecule has 5 heteroatoms. The first-order valence-corrected chi connectivity index (χ1v) is 6.21. The quantitative estimate of drug-likeness (QED) is 0.903. The van der Waals surface area contributed by atoms with E-state index in [1.807, 2.05) is 30.5 Å². The van der Waals surface area contributed by atoms with Crippen LogP contribution in [0.1, 0.15) is 12.0 Å². The van der Waals surface area contributed by atoms with Crippen molar-refractivity contribution in [2.24, 2.45) is 5.73 Å². The van der Waals surface area contributed by atoms with E-state index < -0.39 is 0 Å². The van der Waals surface area contributed by atoms with E-state index in [0.29, 0.717) is 11.6 Å². The molecular weight excluding hydrogens is 250 g/mol. The molecule has 0 fully saturated rings. The lowest BCUT2D eigenvalue weighted by atomic mass is 10.2. The van der Waals surface area contributed by atoms with Crippen molar-refractivity contribution in [1.82, 2.24) is 9.78 Å². The van der Waals surface area contributed by atoms with Gasteiger partial charge >= 0.3 is 0 Å². The number of aryl methyl sites for hydroxylation is 1. The molecule has 2 aromatic rings. The third-order valence-electron chi connectivity index (χ3n) is 2.69. The van der Waals surface area contributed by atoms with Gasteiger partial charge in [0.1, 0.15) is 0 Å². The first-order chi connectivity index (χ1) is 8.76. The summed E-state index contributed by atoms with van der Waals surface area (Å²) < 4.78 is 7.17. The van der Waals surface area contributed by atoms with E-state index in [1.54, 1.807) is 11.8 Å². The van der Waals surface area contributed by atoms with Crippen LogP contribution >= 0.6 is 11.6 Å². The zero-order valence-corrected chi connectivity index (χ0v) is 11.0. The van der Waals surface area contributed by atoms with Gasteiger partial charge in [0.15, 0.2) is 0 Å². The van der Waals surface area contributed by atoms with Gasteiger partial charge in [-0.3, -0.25) is 0 Å². The minimum Gasteiger partial charge on any atom is -0.481 e. The number of halogens is 1. The van der Waals surface area contributed by atoms with Crippen molar-refractivity contribution in [3.05, 3.63) is 41.0 Å². The van der Waals surface area contributed by atoms with Crippen LogP contribution in [0.25, 0.3) is 5.69 Å². The average Bonchev–Trinajstić information content (AvgIpc) is 2.79. The first kappa shape index (κ1) is 12.9. The number of ether oxygens (including phenoxy) is 1. The lowest BCUT2D eigenvalue weighted by Gasteiger charge is -2.08. The second kappa shape index (κ2) is 5.89. The molecule has 0 saturated heterocycles. The van der Waals surface area contributed by atoms with Gasteiger partial charge in [0.25, 0.3) is 0 Å². The molecule has 96 valence electrons. The Balaban J connectivity index is 2.36. The van der Waals surface area contributed by atoms with Gasteiger partial charge in [0.05, 0.1) is 19.0 Å². The summed E-state index contributed by atoms with van der Waals surface area (Å²) >= 11 is 5.98. The van der Waals surface area contributed by atoms with Crippen LogP contribution in [-0.2, 0) is 6.42 Å². The van der Waals surface area contributed by atoms with Crippen LogP contribution in [-0.4, -0.2) is 23.4 Å². The number of methoxy groups -OCH3 is 1. The highest BCUT2D eigenvalue weighted by Gasteiger charge is 2.12. The molecule has 0 bridgehead atoms. The fourth-order valence-electron chi connectivity index (χ4n) is 1.84. The Kier molecular flexibility index (Phi) is 4.23. The van der Waals surface area contributed by atoms with Crippen molar-refractivity contribution < 1.29 is 4.74 Å². The van der Waals surface area contributed by atoms with Crippen molar-refractivity contribution in [2.45, 2.75) is 12.8 Å². The normalized spacial score (nSPS) is 10.6. The van der Waals surface area contributed by atoms with Crippen LogP contribution in [0.15, 0.2) is 30.5 Å². The standard InChI is InChI=1S/C13H16ClN3O/c1-18-13-10(4-3-7-15)9-16-17(13)12-6-2-5-11(14)8-12/h2,5-6,8-9H,3-4,7,15H2,1H3. The van der Waals surface area contributed by atoms with Crippen molar-refractivity contribution in [2.75, 3.05) is 13.7 Å². The highest BCUT2D eigenvalue weighted by atomic mass is 35.5. The number of hydrogen-bond acceptors (Lipinski definition) is 3. The van der Waals surface area contributed by atoms with E-state index in [4.69, 9.17) is 22.1 Å². The SMILES string of the molecule is COc1c(CCCN)cnn1-c1cccc(Cl)c1. The van der Waals surface area contributed by atoms with Gasteiger partial charge in [-0.1, -0.05) is 17.7 Å². The van der Waals surface area contributed by atoms with Crippen molar-refractivity contribution in [1.29, 1.82) is 0 Å². The average molecular weight is 266 g/mol. The predicted octanol–water partition coefficient (Wildman–Crippen LogP) is 2.43. The number of aromatic nitrogens is 2. The molecule has 0 amide bonds. The van der Waals surface area contributed by atoms with Gasteiger partial charge in [-0.25, -0.2) is 4.68 Å². The summed E-state index contributed by atoms with van der Waals surface area (Å²) in [6.45, 7) is 0.658. The lowest BCUT2D eigenvalue weighted by molar-refractivity contribution is 0.379. The third kappa shape index (κ3) is 2.66. The Morgan fingerprint density at radius 1 is 1.44 bits per heavy atom. The topological polar surface area (TPSA) is 53.1 Å². The lowest BCUT2D eigenvalue weighted by Crippen LogP contribution is -2.03. The third-order valence-corrected chi connectivity index (χ3v) is 2.93. The van der Waals surface area contributed by atoms with Crippen LogP contribution in [0, 0.1) is 0 Å². The molecule has 1 aromatic heterocycles. The predicted molar refractivity (Wildman–Crippen MR) is 72.5 cm³/mol. The molecule has 0 saturated carbocycles. The molecule has 2 rings (SSSR count). The Morgan fingerprint density at radius 2 is 2.28 bits per heavy atom. The summed E-state index contributed by atoms with van der Waals surface area (Å²) in [5.74, 6) is 0.741. The summed E-state index contributed by atoms with van der Waals surface area (Å²) in [4.78, 5) is 0. The minimum atomic E-state index is 0.658. The molecule has 0 spiro atoms. The molecule has 2 N–H and O–H groups in total. The number of nitrogens with zero attached hydrogens (tertiary/aromatic N) is 2. The maximum absolute atomic E-state index is 5.98. The van der Waals surface area contributed by atoms with E-state index in [2.05, 4.69) is 5.10 Å². The van der Waals surface area contributed by atoms with Crippen molar-refractivity contribution in [3.8, 4) is 11.6 Å². The molecule has 1 aromatic carbocycles. The molecule has 0 aliphatic carbocycles. The largest absolute Gasteiger partial charge is 0.481 e. The van der Waals surface area contributed by atoms with E-state index in [9.17, 15) is 0 Å². The fourth-order valence-corrected chi connectivity index (χ4v) is 2.03. The Hall–Kier alpha value is -1.52. The molecule has 1 heterocycles. The van der Waals surface area contributed by atoms with E-state index in [-0.39, 0.29) is 0 Å². The molecule has 0 atom stereocenters. The van der Waals surface area contributed by atoms with Gasteiger partial charge < -0.3 is 10.5 Å². The van der Waals surface area contributed by atoms with E-state index in [1.165, 1.54) is 0 Å². The summed E-state index contributed by atoms with van der Waals surface area (Å²) in [5, 5.41) is 5.02. The second-order valence-electron chi connectivity index (χ2n) is 3.96. The van der Waals surface area contributed by atoms with Gasteiger partial charge in [0.2, 0.25) is 5.88 Å². The zero-order chi connectivity index (χ0) is 13.0. The summed E-state index contributed by atoms with van der Waals surface area (Å²) in [5.41, 5.74) is 7.47. The molecule has 4 nitrogen and oxygen atoms in total. The van der Waals surface area contributed by atoms with Crippen LogP contribution in [0.3, 0.4) is 0 Å². The van der Waals surface area contributed by atoms with Gasteiger partial charge in [-0.05, 0) is 37.6 Å². The smallest absolute Gasteiger partial charge is 0.219 e. The molecular formula is C13H16ClN3O. The molecule has 0 aliphatic heterocycles. The van der Waals surface area contributed by atoms with Crippen molar-refractivity contribution >= 4 is 11.6 Å². The minimum absolute atomic E-state index is 0.658. The van der Waals surface area contributed by atoms with Gasteiger partial charge in [-0.15, -0.1) is 0 Å². The fraction of sp³-hybridized carbons (Fsp3) is 0.308. The van der Waals surface area contributed by atoms with Crippen molar-refractivity contribution in [3.63, 3.8) is 0 Å². The first-order valence-electron chi connectivity index (χ1n) is 5.83. The van der Waals surface area contributed by atoms with Gasteiger partial charge in [-0.2, -0.15) is 5.10 Å².